The first-order valence-electron chi connectivity index (χ1n) is 8.01. The lowest BCUT2D eigenvalue weighted by Crippen LogP contribution is -2.31. The standard InChI is InChI=1S/C18H19N3O3S.ClH/c1-25-13-6-8-17(21(23)24)15(10-13)18(22)20-16-4-2-3-11-9-12(19)5-7-14(11)16;/h5-10,16H,2-4,19H2,1H3,(H,20,22);1H. The molecule has 6 nitrogen and oxygen atoms in total. The number of anilines is 1. The zero-order valence-corrected chi connectivity index (χ0v) is 15.9. The summed E-state index contributed by atoms with van der Waals surface area (Å²) in [6.07, 6.45) is 4.53. The fourth-order valence-electron chi connectivity index (χ4n) is 3.20. The summed E-state index contributed by atoms with van der Waals surface area (Å²) in [6, 6.07) is 10.1. The lowest BCUT2D eigenvalue weighted by Gasteiger charge is -2.26. The second-order valence-corrected chi connectivity index (χ2v) is 6.90. The summed E-state index contributed by atoms with van der Waals surface area (Å²) in [5.41, 5.74) is 8.63. The molecular weight excluding hydrogens is 374 g/mol. The van der Waals surface area contributed by atoms with Gasteiger partial charge in [0.15, 0.2) is 0 Å². The van der Waals surface area contributed by atoms with Crippen LogP contribution in [0.3, 0.4) is 0 Å². The quantitative estimate of drug-likeness (QED) is 0.352. The number of nitrogens with one attached hydrogen (secondary N) is 1. The van der Waals surface area contributed by atoms with E-state index in [0.29, 0.717) is 5.69 Å². The summed E-state index contributed by atoms with van der Waals surface area (Å²) in [5.74, 6) is -0.419. The van der Waals surface area contributed by atoms with E-state index in [1.54, 1.807) is 12.1 Å². The maximum atomic E-state index is 12.7. The van der Waals surface area contributed by atoms with Gasteiger partial charge >= 0.3 is 0 Å². The molecule has 0 saturated heterocycles. The fraction of sp³-hybridized carbons (Fsp3) is 0.278. The van der Waals surface area contributed by atoms with Gasteiger partial charge < -0.3 is 11.1 Å². The van der Waals surface area contributed by atoms with Crippen molar-refractivity contribution >= 4 is 41.5 Å². The highest BCUT2D eigenvalue weighted by Gasteiger charge is 2.26. The third kappa shape index (κ3) is 4.11. The first-order chi connectivity index (χ1) is 12.0. The van der Waals surface area contributed by atoms with E-state index >= 15 is 0 Å². The average molecular weight is 394 g/mol. The number of aryl methyl sites for hydroxylation is 1. The Hall–Kier alpha value is -2.25. The van der Waals surface area contributed by atoms with Crippen LogP contribution in [0.4, 0.5) is 11.4 Å². The zero-order valence-electron chi connectivity index (χ0n) is 14.2. The lowest BCUT2D eigenvalue weighted by atomic mass is 9.87. The molecule has 0 bridgehead atoms. The van der Waals surface area contributed by atoms with Crippen molar-refractivity contribution in [3.63, 3.8) is 0 Å². The van der Waals surface area contributed by atoms with Gasteiger partial charge in [-0.2, -0.15) is 0 Å². The summed E-state index contributed by atoms with van der Waals surface area (Å²) < 4.78 is 0. The molecule has 1 amide bonds. The van der Waals surface area contributed by atoms with E-state index in [9.17, 15) is 14.9 Å². The Kier molecular flexibility index (Phi) is 6.50. The van der Waals surface area contributed by atoms with Crippen molar-refractivity contribution in [2.24, 2.45) is 0 Å². The number of benzene rings is 2. The lowest BCUT2D eigenvalue weighted by molar-refractivity contribution is -0.385. The molecule has 0 saturated carbocycles. The van der Waals surface area contributed by atoms with E-state index in [2.05, 4.69) is 5.32 Å². The van der Waals surface area contributed by atoms with Crippen LogP contribution in [0.15, 0.2) is 41.3 Å². The van der Waals surface area contributed by atoms with E-state index in [0.717, 1.165) is 35.3 Å². The van der Waals surface area contributed by atoms with E-state index < -0.39 is 10.8 Å². The third-order valence-corrected chi connectivity index (χ3v) is 5.16. The molecule has 26 heavy (non-hydrogen) atoms. The SMILES string of the molecule is CSc1ccc([N+](=O)[O-])c(C(=O)NC2CCCc3cc(N)ccc32)c1.Cl. The van der Waals surface area contributed by atoms with Crippen LogP contribution in [-0.2, 0) is 6.42 Å². The van der Waals surface area contributed by atoms with Crippen molar-refractivity contribution in [2.45, 2.75) is 30.2 Å². The van der Waals surface area contributed by atoms with Crippen LogP contribution >= 0.6 is 24.2 Å². The zero-order chi connectivity index (χ0) is 18.0. The first-order valence-corrected chi connectivity index (χ1v) is 9.23. The Labute approximate surface area is 162 Å². The summed E-state index contributed by atoms with van der Waals surface area (Å²) in [6.45, 7) is 0. The number of rotatable bonds is 4. The van der Waals surface area contributed by atoms with Crippen molar-refractivity contribution in [1.29, 1.82) is 0 Å². The monoisotopic (exact) mass is 393 g/mol. The summed E-state index contributed by atoms with van der Waals surface area (Å²) >= 11 is 1.44. The van der Waals surface area contributed by atoms with Gasteiger partial charge in [-0.3, -0.25) is 14.9 Å². The van der Waals surface area contributed by atoms with Gasteiger partial charge in [-0.1, -0.05) is 6.07 Å². The molecule has 2 aromatic rings. The summed E-state index contributed by atoms with van der Waals surface area (Å²) in [4.78, 5) is 24.3. The number of halogens is 1. The van der Waals surface area contributed by atoms with Gasteiger partial charge in [0.2, 0.25) is 0 Å². The largest absolute Gasteiger partial charge is 0.399 e. The Morgan fingerprint density at radius 3 is 2.77 bits per heavy atom. The molecule has 0 aromatic heterocycles. The van der Waals surface area contributed by atoms with Crippen molar-refractivity contribution in [3.8, 4) is 0 Å². The van der Waals surface area contributed by atoms with Crippen molar-refractivity contribution in [2.75, 3.05) is 12.0 Å². The number of hydrogen-bond donors (Lipinski definition) is 2. The number of fused-ring (bicyclic) bond motifs is 1. The van der Waals surface area contributed by atoms with Crippen LogP contribution in [0.2, 0.25) is 0 Å². The van der Waals surface area contributed by atoms with Gasteiger partial charge in [0.05, 0.1) is 11.0 Å². The predicted molar refractivity (Wildman–Crippen MR) is 106 cm³/mol. The van der Waals surface area contributed by atoms with Crippen LogP contribution in [-0.4, -0.2) is 17.1 Å². The van der Waals surface area contributed by atoms with Gasteiger partial charge in [0.1, 0.15) is 5.56 Å². The number of nitro groups is 1. The van der Waals surface area contributed by atoms with E-state index in [4.69, 9.17) is 5.73 Å². The number of thioether (sulfide) groups is 1. The first kappa shape index (κ1) is 20.1. The number of nitrogens with two attached hydrogens (primary N) is 1. The van der Waals surface area contributed by atoms with Gasteiger partial charge in [-0.15, -0.1) is 24.2 Å². The van der Waals surface area contributed by atoms with Crippen molar-refractivity contribution < 1.29 is 9.72 Å². The Morgan fingerprint density at radius 2 is 2.08 bits per heavy atom. The predicted octanol–water partition coefficient (Wildman–Crippen LogP) is 4.13. The second-order valence-electron chi connectivity index (χ2n) is 6.02. The molecular formula is C18H20ClN3O3S. The van der Waals surface area contributed by atoms with Gasteiger partial charge in [0, 0.05) is 16.6 Å². The minimum absolute atomic E-state index is 0. The molecule has 0 spiro atoms. The molecule has 8 heteroatoms. The Balaban J connectivity index is 0.00000243. The maximum absolute atomic E-state index is 12.7. The molecule has 138 valence electrons. The Morgan fingerprint density at radius 1 is 1.31 bits per heavy atom. The maximum Gasteiger partial charge on any atom is 0.282 e. The normalized spacial score (nSPS) is 15.5. The minimum atomic E-state index is -0.519. The number of hydrogen-bond acceptors (Lipinski definition) is 5. The molecule has 3 N–H and O–H groups in total. The molecule has 2 aromatic carbocycles. The van der Waals surface area contributed by atoms with Crippen molar-refractivity contribution in [1.82, 2.24) is 5.32 Å². The molecule has 1 atom stereocenters. The molecule has 1 unspecified atom stereocenters. The van der Waals surface area contributed by atoms with Crippen LogP contribution in [0.1, 0.15) is 40.4 Å². The number of nitrogens with zero attached hydrogens (tertiary/aromatic N) is 1. The third-order valence-electron chi connectivity index (χ3n) is 4.43. The van der Waals surface area contributed by atoms with Crippen molar-refractivity contribution in [3.05, 3.63) is 63.2 Å². The second kappa shape index (κ2) is 8.42. The van der Waals surface area contributed by atoms with E-state index in [1.807, 2.05) is 24.5 Å². The molecule has 0 aliphatic heterocycles. The topological polar surface area (TPSA) is 98.3 Å². The van der Waals surface area contributed by atoms with Crippen LogP contribution < -0.4 is 11.1 Å². The number of carbonyl (C=O) groups excluding carboxylic acids is 1. The highest BCUT2D eigenvalue weighted by Crippen LogP contribution is 2.32. The summed E-state index contributed by atoms with van der Waals surface area (Å²) in [7, 11) is 0. The smallest absolute Gasteiger partial charge is 0.282 e. The number of amides is 1. The van der Waals surface area contributed by atoms with Gasteiger partial charge in [-0.25, -0.2) is 0 Å². The van der Waals surface area contributed by atoms with E-state index in [-0.39, 0.29) is 29.7 Å². The van der Waals surface area contributed by atoms with Crippen LogP contribution in [0.5, 0.6) is 0 Å². The van der Waals surface area contributed by atoms with Gasteiger partial charge in [0.25, 0.3) is 11.6 Å². The minimum Gasteiger partial charge on any atom is -0.399 e. The average Bonchev–Trinajstić information content (AvgIpc) is 2.60. The van der Waals surface area contributed by atoms with Crippen LogP contribution in [0.25, 0.3) is 0 Å². The molecule has 0 radical (unpaired) electrons. The molecule has 0 heterocycles. The highest BCUT2D eigenvalue weighted by atomic mass is 35.5. The van der Waals surface area contributed by atoms with Crippen LogP contribution in [0, 0.1) is 10.1 Å². The summed E-state index contributed by atoms with van der Waals surface area (Å²) in [5, 5.41) is 14.2. The fourth-order valence-corrected chi connectivity index (χ4v) is 3.64. The van der Waals surface area contributed by atoms with E-state index in [1.165, 1.54) is 17.8 Å². The molecule has 1 aliphatic rings. The van der Waals surface area contributed by atoms with Gasteiger partial charge in [-0.05, 0) is 60.9 Å². The Bertz CT molecular complexity index is 844. The number of nitrogen functional groups attached to an aromatic ring is 1. The molecule has 3 rings (SSSR count). The highest BCUT2D eigenvalue weighted by molar-refractivity contribution is 7.98. The molecule has 0 fully saturated rings. The molecule has 1 aliphatic carbocycles. The number of nitro benzene ring substituents is 1. The number of carbonyl (C=O) groups is 1.